The highest BCUT2D eigenvalue weighted by Crippen LogP contribution is 2.25. The molecule has 1 saturated heterocycles. The molecule has 0 unspecified atom stereocenters. The second kappa shape index (κ2) is 10.0. The zero-order valence-corrected chi connectivity index (χ0v) is 17.7. The number of rotatable bonds is 8. The molecule has 1 fully saturated rings. The van der Waals surface area contributed by atoms with E-state index in [1.807, 2.05) is 6.92 Å². The standard InChI is InChI=1S/C22H26FNO5S/c1-17-3-9-21(10-4-17)30(26,27)24-13-11-18(12-14-24)22(25)29-16-2-15-28-20-7-5-19(23)6-8-20/h3-10,18H,2,11-16H2,1H3. The molecule has 0 spiro atoms. The van der Waals surface area contributed by atoms with Crippen molar-refractivity contribution < 1.29 is 27.1 Å². The van der Waals surface area contributed by atoms with Crippen molar-refractivity contribution in [3.05, 3.63) is 59.9 Å². The van der Waals surface area contributed by atoms with Crippen LogP contribution in [0.3, 0.4) is 0 Å². The van der Waals surface area contributed by atoms with E-state index in [0.717, 1.165) is 5.56 Å². The third kappa shape index (κ3) is 5.79. The van der Waals surface area contributed by atoms with E-state index in [2.05, 4.69) is 0 Å². The van der Waals surface area contributed by atoms with E-state index in [-0.39, 0.29) is 29.2 Å². The second-order valence-electron chi connectivity index (χ2n) is 7.31. The molecule has 0 N–H and O–H groups in total. The fraction of sp³-hybridized carbons (Fsp3) is 0.409. The van der Waals surface area contributed by atoms with Gasteiger partial charge in [0.2, 0.25) is 10.0 Å². The molecular weight excluding hydrogens is 409 g/mol. The topological polar surface area (TPSA) is 72.9 Å². The molecule has 2 aromatic carbocycles. The number of sulfonamides is 1. The molecule has 3 rings (SSSR count). The van der Waals surface area contributed by atoms with Crippen molar-refractivity contribution in [3.63, 3.8) is 0 Å². The minimum absolute atomic E-state index is 0.224. The van der Waals surface area contributed by atoms with Gasteiger partial charge in [-0.25, -0.2) is 12.8 Å². The summed E-state index contributed by atoms with van der Waals surface area (Å²) in [6, 6.07) is 12.5. The highest BCUT2D eigenvalue weighted by molar-refractivity contribution is 7.89. The number of carbonyl (C=O) groups excluding carboxylic acids is 1. The normalized spacial score (nSPS) is 15.7. The van der Waals surface area contributed by atoms with E-state index in [0.29, 0.717) is 44.7 Å². The van der Waals surface area contributed by atoms with E-state index in [1.165, 1.54) is 16.4 Å². The summed E-state index contributed by atoms with van der Waals surface area (Å²) in [5.41, 5.74) is 0.999. The van der Waals surface area contributed by atoms with E-state index >= 15 is 0 Å². The lowest BCUT2D eigenvalue weighted by molar-refractivity contribution is -0.150. The summed E-state index contributed by atoms with van der Waals surface area (Å²) in [5, 5.41) is 0. The summed E-state index contributed by atoms with van der Waals surface area (Å²) in [4.78, 5) is 12.5. The Kier molecular flexibility index (Phi) is 7.44. The van der Waals surface area contributed by atoms with Crippen LogP contribution in [-0.2, 0) is 19.6 Å². The summed E-state index contributed by atoms with van der Waals surface area (Å²) in [7, 11) is -3.54. The van der Waals surface area contributed by atoms with Crippen LogP contribution in [0.25, 0.3) is 0 Å². The molecule has 1 aliphatic rings. The number of carbonyl (C=O) groups is 1. The molecule has 0 saturated carbocycles. The maximum absolute atomic E-state index is 12.8. The molecule has 0 bridgehead atoms. The zero-order valence-electron chi connectivity index (χ0n) is 16.9. The number of ether oxygens (including phenoxy) is 2. The van der Waals surface area contributed by atoms with Crippen LogP contribution in [0.5, 0.6) is 5.75 Å². The van der Waals surface area contributed by atoms with Gasteiger partial charge in [-0.15, -0.1) is 0 Å². The number of nitrogens with zero attached hydrogens (tertiary/aromatic N) is 1. The molecule has 0 radical (unpaired) electrons. The van der Waals surface area contributed by atoms with Crippen molar-refractivity contribution in [2.24, 2.45) is 5.92 Å². The number of hydrogen-bond acceptors (Lipinski definition) is 5. The van der Waals surface area contributed by atoms with Crippen LogP contribution in [0, 0.1) is 18.7 Å². The third-order valence-electron chi connectivity index (χ3n) is 5.06. The van der Waals surface area contributed by atoms with Gasteiger partial charge in [0.1, 0.15) is 11.6 Å². The smallest absolute Gasteiger partial charge is 0.309 e. The average molecular weight is 436 g/mol. The summed E-state index contributed by atoms with van der Waals surface area (Å²) in [6.45, 7) is 3.07. The van der Waals surface area contributed by atoms with Crippen LogP contribution in [-0.4, -0.2) is 45.0 Å². The lowest BCUT2D eigenvalue weighted by atomic mass is 9.98. The number of piperidine rings is 1. The van der Waals surface area contributed by atoms with Crippen LogP contribution in [0.1, 0.15) is 24.8 Å². The monoisotopic (exact) mass is 435 g/mol. The van der Waals surface area contributed by atoms with Crippen LogP contribution in [0.4, 0.5) is 4.39 Å². The van der Waals surface area contributed by atoms with E-state index in [4.69, 9.17) is 9.47 Å². The Hall–Kier alpha value is -2.45. The van der Waals surface area contributed by atoms with Gasteiger partial charge >= 0.3 is 5.97 Å². The number of esters is 1. The molecule has 0 atom stereocenters. The van der Waals surface area contributed by atoms with Gasteiger partial charge < -0.3 is 9.47 Å². The maximum atomic E-state index is 12.8. The Morgan fingerprint density at radius 2 is 1.67 bits per heavy atom. The van der Waals surface area contributed by atoms with Gasteiger partial charge in [0.15, 0.2) is 0 Å². The highest BCUT2D eigenvalue weighted by atomic mass is 32.2. The van der Waals surface area contributed by atoms with Gasteiger partial charge in [0, 0.05) is 19.5 Å². The largest absolute Gasteiger partial charge is 0.493 e. The van der Waals surface area contributed by atoms with Crippen LogP contribution >= 0.6 is 0 Å². The molecule has 1 heterocycles. The van der Waals surface area contributed by atoms with Crippen molar-refractivity contribution in [2.75, 3.05) is 26.3 Å². The van der Waals surface area contributed by atoms with Gasteiger partial charge in [0.25, 0.3) is 0 Å². The van der Waals surface area contributed by atoms with Crippen LogP contribution in [0.2, 0.25) is 0 Å². The Balaban J connectivity index is 1.38. The fourth-order valence-electron chi connectivity index (χ4n) is 3.26. The molecule has 30 heavy (non-hydrogen) atoms. The molecule has 1 aliphatic heterocycles. The zero-order chi connectivity index (χ0) is 21.6. The number of aryl methyl sites for hydroxylation is 1. The molecular formula is C22H26FNO5S. The number of halogens is 1. The number of hydrogen-bond donors (Lipinski definition) is 0. The summed E-state index contributed by atoms with van der Waals surface area (Å²) < 4.78 is 50.5. The molecule has 8 heteroatoms. The van der Waals surface area contributed by atoms with Crippen molar-refractivity contribution >= 4 is 16.0 Å². The van der Waals surface area contributed by atoms with Crippen molar-refractivity contribution in [2.45, 2.75) is 31.1 Å². The van der Waals surface area contributed by atoms with Crippen LogP contribution < -0.4 is 4.74 Å². The van der Waals surface area contributed by atoms with E-state index in [9.17, 15) is 17.6 Å². The molecule has 0 amide bonds. The Morgan fingerprint density at radius 1 is 1.03 bits per heavy atom. The molecule has 162 valence electrons. The van der Waals surface area contributed by atoms with Gasteiger partial charge in [-0.05, 0) is 56.2 Å². The first kappa shape index (κ1) is 22.2. The summed E-state index contributed by atoms with van der Waals surface area (Å²) in [6.07, 6.45) is 1.40. The predicted molar refractivity (Wildman–Crippen MR) is 110 cm³/mol. The Bertz CT molecular complexity index is 936. The first-order valence-corrected chi connectivity index (χ1v) is 11.4. The quantitative estimate of drug-likeness (QED) is 0.468. The van der Waals surface area contributed by atoms with Crippen molar-refractivity contribution in [1.82, 2.24) is 4.31 Å². The summed E-state index contributed by atoms with van der Waals surface area (Å²) >= 11 is 0. The van der Waals surface area contributed by atoms with Gasteiger partial charge in [-0.1, -0.05) is 17.7 Å². The Labute approximate surface area is 176 Å². The predicted octanol–water partition coefficient (Wildman–Crippen LogP) is 3.55. The molecule has 6 nitrogen and oxygen atoms in total. The fourth-order valence-corrected chi connectivity index (χ4v) is 4.73. The van der Waals surface area contributed by atoms with Crippen molar-refractivity contribution in [3.8, 4) is 5.75 Å². The first-order valence-electron chi connectivity index (χ1n) is 9.98. The second-order valence-corrected chi connectivity index (χ2v) is 9.25. The molecule has 2 aromatic rings. The highest BCUT2D eigenvalue weighted by Gasteiger charge is 2.32. The van der Waals surface area contributed by atoms with Crippen LogP contribution in [0.15, 0.2) is 53.4 Å². The lowest BCUT2D eigenvalue weighted by Gasteiger charge is -2.30. The minimum Gasteiger partial charge on any atom is -0.493 e. The first-order chi connectivity index (χ1) is 14.4. The average Bonchev–Trinajstić information content (AvgIpc) is 2.75. The minimum atomic E-state index is -3.54. The van der Waals surface area contributed by atoms with E-state index < -0.39 is 10.0 Å². The lowest BCUT2D eigenvalue weighted by Crippen LogP contribution is -2.40. The molecule has 0 aliphatic carbocycles. The third-order valence-corrected chi connectivity index (χ3v) is 6.97. The molecule has 0 aromatic heterocycles. The van der Waals surface area contributed by atoms with Crippen molar-refractivity contribution in [1.29, 1.82) is 0 Å². The van der Waals surface area contributed by atoms with Gasteiger partial charge in [-0.3, -0.25) is 4.79 Å². The van der Waals surface area contributed by atoms with E-state index in [1.54, 1.807) is 36.4 Å². The summed E-state index contributed by atoms with van der Waals surface area (Å²) in [5.74, 6) is -0.365. The number of benzene rings is 2. The SMILES string of the molecule is Cc1ccc(S(=O)(=O)N2CCC(C(=O)OCCCOc3ccc(F)cc3)CC2)cc1. The van der Waals surface area contributed by atoms with Gasteiger partial charge in [0.05, 0.1) is 24.0 Å². The Morgan fingerprint density at radius 3 is 2.30 bits per heavy atom. The maximum Gasteiger partial charge on any atom is 0.309 e. The van der Waals surface area contributed by atoms with Gasteiger partial charge in [-0.2, -0.15) is 4.31 Å².